The van der Waals surface area contributed by atoms with Gasteiger partial charge in [0.15, 0.2) is 0 Å². The Labute approximate surface area is 194 Å². The van der Waals surface area contributed by atoms with Gasteiger partial charge in [-0.15, -0.1) is 0 Å². The topological polar surface area (TPSA) is 97.0 Å². The maximum Gasteiger partial charge on any atom is 0.252 e. The average molecular weight is 454 g/mol. The summed E-state index contributed by atoms with van der Waals surface area (Å²) in [4.78, 5) is 40.0. The van der Waals surface area contributed by atoms with Crippen molar-refractivity contribution in [1.82, 2.24) is 5.32 Å². The van der Waals surface area contributed by atoms with E-state index >= 15 is 0 Å². The number of anilines is 2. The molecule has 3 rings (SSSR count). The first-order valence-corrected chi connectivity index (χ1v) is 11.1. The van der Waals surface area contributed by atoms with Crippen molar-refractivity contribution < 1.29 is 23.9 Å². The molecule has 176 valence electrons. The summed E-state index contributed by atoms with van der Waals surface area (Å²) in [5, 5.41) is 5.69. The first-order chi connectivity index (χ1) is 15.8. The molecule has 1 aliphatic rings. The Morgan fingerprint density at radius 1 is 1.00 bits per heavy atom. The third kappa shape index (κ3) is 6.03. The average Bonchev–Trinajstić information content (AvgIpc) is 2.82. The lowest BCUT2D eigenvalue weighted by atomic mass is 10.0. The highest BCUT2D eigenvalue weighted by molar-refractivity contribution is 6.02. The van der Waals surface area contributed by atoms with Crippen molar-refractivity contribution in [2.45, 2.75) is 39.2 Å². The number of carbonyl (C=O) groups is 3. The summed E-state index contributed by atoms with van der Waals surface area (Å²) < 4.78 is 10.5. The predicted molar refractivity (Wildman–Crippen MR) is 127 cm³/mol. The lowest BCUT2D eigenvalue weighted by molar-refractivity contribution is -0.120. The molecule has 1 aliphatic heterocycles. The fourth-order valence-corrected chi connectivity index (χ4v) is 3.75. The monoisotopic (exact) mass is 453 g/mol. The summed E-state index contributed by atoms with van der Waals surface area (Å²) in [6.45, 7) is 4.39. The van der Waals surface area contributed by atoms with Gasteiger partial charge in [0.05, 0.1) is 14.2 Å². The molecule has 1 fully saturated rings. The van der Waals surface area contributed by atoms with Crippen LogP contribution in [-0.2, 0) is 9.59 Å². The van der Waals surface area contributed by atoms with Crippen LogP contribution in [0.5, 0.6) is 11.5 Å². The van der Waals surface area contributed by atoms with E-state index in [0.29, 0.717) is 35.7 Å². The molecule has 3 amide bonds. The second-order valence-corrected chi connectivity index (χ2v) is 8.34. The SMILES string of the molecule is COc1cc(OC)cc(C(=O)NC(C(=O)Nc2cccc(N3CCCCC3=O)c2)C(C)C)c1. The smallest absolute Gasteiger partial charge is 0.252 e. The second kappa shape index (κ2) is 10.8. The van der Waals surface area contributed by atoms with Gasteiger partial charge in [-0.25, -0.2) is 0 Å². The number of rotatable bonds is 8. The summed E-state index contributed by atoms with van der Waals surface area (Å²) in [5.41, 5.74) is 1.65. The summed E-state index contributed by atoms with van der Waals surface area (Å²) in [7, 11) is 3.01. The normalized spacial score (nSPS) is 14.6. The van der Waals surface area contributed by atoms with Gasteiger partial charge in [-0.2, -0.15) is 0 Å². The van der Waals surface area contributed by atoms with E-state index < -0.39 is 11.9 Å². The maximum atomic E-state index is 13.1. The van der Waals surface area contributed by atoms with Gasteiger partial charge in [-0.05, 0) is 49.1 Å². The van der Waals surface area contributed by atoms with Crippen LogP contribution in [0.15, 0.2) is 42.5 Å². The van der Waals surface area contributed by atoms with Gasteiger partial charge in [0.2, 0.25) is 11.8 Å². The number of carbonyl (C=O) groups excluding carboxylic acids is 3. The minimum Gasteiger partial charge on any atom is -0.497 e. The Morgan fingerprint density at radius 3 is 2.30 bits per heavy atom. The molecule has 2 aromatic rings. The molecule has 2 aromatic carbocycles. The van der Waals surface area contributed by atoms with Crippen molar-refractivity contribution in [3.05, 3.63) is 48.0 Å². The number of nitrogens with zero attached hydrogens (tertiary/aromatic N) is 1. The molecule has 1 atom stereocenters. The molecule has 0 spiro atoms. The Hall–Kier alpha value is -3.55. The van der Waals surface area contributed by atoms with Crippen LogP contribution < -0.4 is 25.0 Å². The van der Waals surface area contributed by atoms with Gasteiger partial charge in [0.1, 0.15) is 17.5 Å². The molecule has 8 heteroatoms. The van der Waals surface area contributed by atoms with E-state index in [1.807, 2.05) is 19.9 Å². The lowest BCUT2D eigenvalue weighted by Crippen LogP contribution is -2.47. The number of benzene rings is 2. The molecule has 0 radical (unpaired) electrons. The van der Waals surface area contributed by atoms with Crippen LogP contribution in [0.3, 0.4) is 0 Å². The third-order valence-electron chi connectivity index (χ3n) is 5.60. The molecule has 0 saturated carbocycles. The zero-order valence-corrected chi connectivity index (χ0v) is 19.5. The summed E-state index contributed by atoms with van der Waals surface area (Å²) in [6.07, 6.45) is 2.40. The van der Waals surface area contributed by atoms with Crippen LogP contribution in [-0.4, -0.2) is 44.5 Å². The summed E-state index contributed by atoms with van der Waals surface area (Å²) >= 11 is 0. The van der Waals surface area contributed by atoms with Crippen LogP contribution in [0.2, 0.25) is 0 Å². The molecule has 33 heavy (non-hydrogen) atoms. The zero-order chi connectivity index (χ0) is 24.0. The first kappa shape index (κ1) is 24.1. The van der Waals surface area contributed by atoms with Crippen molar-refractivity contribution in [1.29, 1.82) is 0 Å². The Balaban J connectivity index is 1.74. The van der Waals surface area contributed by atoms with E-state index in [2.05, 4.69) is 10.6 Å². The molecule has 1 unspecified atom stereocenters. The molecule has 2 N–H and O–H groups in total. The molecule has 0 bridgehead atoms. The quantitative estimate of drug-likeness (QED) is 0.636. The fourth-order valence-electron chi connectivity index (χ4n) is 3.75. The number of nitrogens with one attached hydrogen (secondary N) is 2. The van der Waals surface area contributed by atoms with Gasteiger partial charge < -0.3 is 25.0 Å². The second-order valence-electron chi connectivity index (χ2n) is 8.34. The largest absolute Gasteiger partial charge is 0.497 e. The Morgan fingerprint density at radius 2 is 1.70 bits per heavy atom. The highest BCUT2D eigenvalue weighted by atomic mass is 16.5. The van der Waals surface area contributed by atoms with Crippen molar-refractivity contribution in [2.75, 3.05) is 31.0 Å². The van der Waals surface area contributed by atoms with Crippen LogP contribution in [0.4, 0.5) is 11.4 Å². The van der Waals surface area contributed by atoms with Crippen molar-refractivity contribution in [3.63, 3.8) is 0 Å². The van der Waals surface area contributed by atoms with E-state index in [0.717, 1.165) is 18.5 Å². The molecule has 0 aromatic heterocycles. The number of amides is 3. The van der Waals surface area contributed by atoms with Crippen LogP contribution in [0.25, 0.3) is 0 Å². The summed E-state index contributed by atoms with van der Waals surface area (Å²) in [5.74, 6) is 0.145. The molecule has 0 aliphatic carbocycles. The number of ether oxygens (including phenoxy) is 2. The lowest BCUT2D eigenvalue weighted by Gasteiger charge is -2.27. The maximum absolute atomic E-state index is 13.1. The van der Waals surface area contributed by atoms with Crippen molar-refractivity contribution >= 4 is 29.1 Å². The predicted octanol–water partition coefficient (Wildman–Crippen LogP) is 3.61. The molecule has 8 nitrogen and oxygen atoms in total. The molecule has 1 heterocycles. The van der Waals surface area contributed by atoms with Crippen LogP contribution >= 0.6 is 0 Å². The van der Waals surface area contributed by atoms with E-state index in [4.69, 9.17) is 9.47 Å². The standard InChI is InChI=1S/C25H31N3O5/c1-16(2)23(27-24(30)17-12-20(32-3)15-21(13-17)33-4)25(31)26-18-8-7-9-19(14-18)28-11-6-5-10-22(28)29/h7-9,12-16,23H,5-6,10-11H2,1-4H3,(H,26,31)(H,27,30). The van der Waals surface area contributed by atoms with Crippen LogP contribution in [0.1, 0.15) is 43.5 Å². The number of hydrogen-bond donors (Lipinski definition) is 2. The third-order valence-corrected chi connectivity index (χ3v) is 5.60. The Kier molecular flexibility index (Phi) is 7.92. The minimum atomic E-state index is -0.769. The number of methoxy groups -OCH3 is 2. The van der Waals surface area contributed by atoms with Gasteiger partial charge in [0.25, 0.3) is 5.91 Å². The van der Waals surface area contributed by atoms with E-state index in [1.165, 1.54) is 14.2 Å². The molecular formula is C25H31N3O5. The van der Waals surface area contributed by atoms with E-state index in [9.17, 15) is 14.4 Å². The number of hydrogen-bond acceptors (Lipinski definition) is 5. The van der Waals surface area contributed by atoms with Gasteiger partial charge >= 0.3 is 0 Å². The van der Waals surface area contributed by atoms with Crippen LogP contribution in [0, 0.1) is 5.92 Å². The van der Waals surface area contributed by atoms with Gasteiger partial charge in [-0.3, -0.25) is 14.4 Å². The Bertz CT molecular complexity index is 999. The van der Waals surface area contributed by atoms with Gasteiger partial charge in [0, 0.05) is 36.0 Å². The molecular weight excluding hydrogens is 422 g/mol. The van der Waals surface area contributed by atoms with E-state index in [1.54, 1.807) is 41.3 Å². The van der Waals surface area contributed by atoms with Crippen molar-refractivity contribution in [3.8, 4) is 11.5 Å². The van der Waals surface area contributed by atoms with Gasteiger partial charge in [-0.1, -0.05) is 19.9 Å². The highest BCUT2D eigenvalue weighted by Gasteiger charge is 2.26. The first-order valence-electron chi connectivity index (χ1n) is 11.1. The van der Waals surface area contributed by atoms with E-state index in [-0.39, 0.29) is 17.7 Å². The molecule has 1 saturated heterocycles. The highest BCUT2D eigenvalue weighted by Crippen LogP contribution is 2.25. The zero-order valence-electron chi connectivity index (χ0n) is 19.5. The summed E-state index contributed by atoms with van der Waals surface area (Å²) in [6, 6.07) is 11.3. The van der Waals surface area contributed by atoms with Crippen molar-refractivity contribution in [2.24, 2.45) is 5.92 Å². The number of piperidine rings is 1. The minimum absolute atomic E-state index is 0.0887. The fraction of sp³-hybridized carbons (Fsp3) is 0.400.